The number of hydrogen-bond acceptors (Lipinski definition) is 4. The lowest BCUT2D eigenvalue weighted by Crippen LogP contribution is -2.44. The largest absolute Gasteiger partial charge is 0.392 e. The van der Waals surface area contributed by atoms with E-state index in [0.29, 0.717) is 19.4 Å². The number of amides is 1. The maximum atomic E-state index is 12.3. The summed E-state index contributed by atoms with van der Waals surface area (Å²) in [5.74, 6) is -0.0173. The second-order valence-electron chi connectivity index (χ2n) is 7.26. The number of rotatable bonds is 5. The minimum absolute atomic E-state index is 0. The van der Waals surface area contributed by atoms with Gasteiger partial charge in [-0.25, -0.2) is 0 Å². The van der Waals surface area contributed by atoms with E-state index in [4.69, 9.17) is 5.73 Å². The molecule has 0 spiro atoms. The molecule has 1 aliphatic heterocycles. The summed E-state index contributed by atoms with van der Waals surface area (Å²) in [5, 5.41) is 12.7. The Hall–Kier alpha value is -0.850. The number of carbonyl (C=O) groups is 1. The summed E-state index contributed by atoms with van der Waals surface area (Å²) in [6.45, 7) is 3.98. The predicted octanol–water partition coefficient (Wildman–Crippen LogP) is 2.23. The summed E-state index contributed by atoms with van der Waals surface area (Å²) in [5.41, 5.74) is 8.32. The van der Waals surface area contributed by atoms with Crippen LogP contribution in [-0.4, -0.2) is 41.1 Å². The fourth-order valence-corrected chi connectivity index (χ4v) is 3.72. The van der Waals surface area contributed by atoms with Crippen molar-refractivity contribution in [2.75, 3.05) is 13.1 Å². The minimum Gasteiger partial charge on any atom is -0.392 e. The highest BCUT2D eigenvalue weighted by Crippen LogP contribution is 2.23. The third kappa shape index (κ3) is 6.39. The van der Waals surface area contributed by atoms with Gasteiger partial charge in [0.15, 0.2) is 0 Å². The molecule has 0 unspecified atom stereocenters. The number of benzene rings is 1. The van der Waals surface area contributed by atoms with Crippen molar-refractivity contribution < 1.29 is 9.90 Å². The third-order valence-electron chi connectivity index (χ3n) is 5.33. The van der Waals surface area contributed by atoms with Gasteiger partial charge in [-0.2, -0.15) is 0 Å². The SMILES string of the molecule is Cl.Cl.N[C@@H]1C[C@@H](C(=O)NCc2ccc(CN3CCCC3)cc2)CC[C@H]1O. The van der Waals surface area contributed by atoms with Gasteiger partial charge >= 0.3 is 0 Å². The number of nitrogens with zero attached hydrogens (tertiary/aromatic N) is 1. The lowest BCUT2D eigenvalue weighted by molar-refractivity contribution is -0.127. The van der Waals surface area contributed by atoms with E-state index in [-0.39, 0.29) is 42.7 Å². The van der Waals surface area contributed by atoms with E-state index in [9.17, 15) is 9.90 Å². The highest BCUT2D eigenvalue weighted by molar-refractivity contribution is 5.85. The summed E-state index contributed by atoms with van der Waals surface area (Å²) in [6, 6.07) is 8.24. The van der Waals surface area contributed by atoms with Gasteiger partial charge in [-0.15, -0.1) is 24.8 Å². The Morgan fingerprint density at radius 2 is 1.73 bits per heavy atom. The van der Waals surface area contributed by atoms with Crippen molar-refractivity contribution in [3.8, 4) is 0 Å². The molecule has 5 nitrogen and oxygen atoms in total. The Labute approximate surface area is 168 Å². The average molecular weight is 404 g/mol. The second-order valence-corrected chi connectivity index (χ2v) is 7.26. The predicted molar refractivity (Wildman–Crippen MR) is 109 cm³/mol. The second kappa shape index (κ2) is 11.1. The van der Waals surface area contributed by atoms with Gasteiger partial charge in [-0.05, 0) is 56.3 Å². The first kappa shape index (κ1) is 23.2. The van der Waals surface area contributed by atoms with Gasteiger partial charge in [0.25, 0.3) is 0 Å². The molecule has 1 saturated carbocycles. The van der Waals surface area contributed by atoms with Crippen molar-refractivity contribution in [1.29, 1.82) is 0 Å². The van der Waals surface area contributed by atoms with Crippen molar-refractivity contribution in [3.63, 3.8) is 0 Å². The molecule has 0 bridgehead atoms. The number of aliphatic hydroxyl groups excluding tert-OH is 1. The molecule has 0 aromatic heterocycles. The lowest BCUT2D eigenvalue weighted by atomic mass is 9.83. The molecular weight excluding hydrogens is 373 g/mol. The van der Waals surface area contributed by atoms with E-state index in [0.717, 1.165) is 18.5 Å². The number of halogens is 2. The average Bonchev–Trinajstić information content (AvgIpc) is 3.09. The van der Waals surface area contributed by atoms with E-state index < -0.39 is 6.10 Å². The number of likely N-dealkylation sites (tertiary alicyclic amines) is 1. The normalized spacial score (nSPS) is 25.8. The smallest absolute Gasteiger partial charge is 0.223 e. The van der Waals surface area contributed by atoms with E-state index in [1.807, 2.05) is 0 Å². The number of hydrogen-bond donors (Lipinski definition) is 3. The molecule has 1 aliphatic carbocycles. The fourth-order valence-electron chi connectivity index (χ4n) is 3.72. The van der Waals surface area contributed by atoms with E-state index >= 15 is 0 Å². The summed E-state index contributed by atoms with van der Waals surface area (Å²) in [7, 11) is 0. The van der Waals surface area contributed by atoms with Crippen LogP contribution >= 0.6 is 24.8 Å². The standard InChI is InChI=1S/C19H29N3O2.2ClH/c20-17-11-16(7-8-18(17)23)19(24)21-12-14-3-5-15(6-4-14)13-22-9-1-2-10-22;;/h3-6,16-18,23H,1-2,7-13,20H2,(H,21,24);2*1H/t16-,17+,18+;;/m0../s1. The Balaban J connectivity index is 0.00000169. The van der Waals surface area contributed by atoms with Crippen LogP contribution in [0.3, 0.4) is 0 Å². The molecule has 2 fully saturated rings. The lowest BCUT2D eigenvalue weighted by Gasteiger charge is -2.30. The van der Waals surface area contributed by atoms with Crippen molar-refractivity contribution in [1.82, 2.24) is 10.2 Å². The van der Waals surface area contributed by atoms with Crippen LogP contribution in [0.4, 0.5) is 0 Å². The van der Waals surface area contributed by atoms with E-state index in [1.54, 1.807) is 0 Å². The highest BCUT2D eigenvalue weighted by atomic mass is 35.5. The van der Waals surface area contributed by atoms with Crippen LogP contribution in [-0.2, 0) is 17.9 Å². The Bertz CT molecular complexity index is 550. The van der Waals surface area contributed by atoms with Gasteiger partial charge < -0.3 is 16.2 Å². The molecule has 1 saturated heterocycles. The van der Waals surface area contributed by atoms with Gasteiger partial charge in [-0.3, -0.25) is 9.69 Å². The summed E-state index contributed by atoms with van der Waals surface area (Å²) in [4.78, 5) is 14.7. The van der Waals surface area contributed by atoms with Crippen molar-refractivity contribution in [3.05, 3.63) is 35.4 Å². The minimum atomic E-state index is -0.461. The van der Waals surface area contributed by atoms with Crippen LogP contribution in [0.2, 0.25) is 0 Å². The van der Waals surface area contributed by atoms with Gasteiger partial charge in [0.2, 0.25) is 5.91 Å². The molecule has 1 amide bonds. The highest BCUT2D eigenvalue weighted by Gasteiger charge is 2.30. The number of carbonyl (C=O) groups excluding carboxylic acids is 1. The molecule has 3 rings (SSSR count). The molecule has 26 heavy (non-hydrogen) atoms. The zero-order valence-electron chi connectivity index (χ0n) is 15.1. The Kier molecular flexibility index (Phi) is 9.90. The monoisotopic (exact) mass is 403 g/mol. The summed E-state index contributed by atoms with van der Waals surface area (Å²) >= 11 is 0. The van der Waals surface area contributed by atoms with Gasteiger partial charge in [0, 0.05) is 25.0 Å². The number of aliphatic hydroxyl groups is 1. The first-order valence-corrected chi connectivity index (χ1v) is 9.13. The van der Waals surface area contributed by atoms with Crippen molar-refractivity contribution in [2.24, 2.45) is 11.7 Å². The topological polar surface area (TPSA) is 78.6 Å². The summed E-state index contributed by atoms with van der Waals surface area (Å²) < 4.78 is 0. The number of nitrogens with one attached hydrogen (secondary N) is 1. The van der Waals surface area contributed by atoms with Crippen LogP contribution in [0.1, 0.15) is 43.2 Å². The molecule has 148 valence electrons. The number of nitrogens with two attached hydrogens (primary N) is 1. The van der Waals surface area contributed by atoms with Crippen molar-refractivity contribution in [2.45, 2.75) is 57.3 Å². The zero-order valence-corrected chi connectivity index (χ0v) is 16.7. The van der Waals surface area contributed by atoms with Gasteiger partial charge in [0.05, 0.1) is 6.10 Å². The Morgan fingerprint density at radius 3 is 2.35 bits per heavy atom. The van der Waals surface area contributed by atoms with Crippen LogP contribution in [0.15, 0.2) is 24.3 Å². The summed E-state index contributed by atoms with van der Waals surface area (Å²) in [6.07, 6.45) is 4.07. The first-order valence-electron chi connectivity index (χ1n) is 9.13. The van der Waals surface area contributed by atoms with E-state index in [1.165, 1.54) is 31.5 Å². The molecule has 7 heteroatoms. The fraction of sp³-hybridized carbons (Fsp3) is 0.632. The molecule has 2 aliphatic rings. The van der Waals surface area contributed by atoms with Crippen LogP contribution in [0, 0.1) is 5.92 Å². The first-order chi connectivity index (χ1) is 11.6. The molecule has 1 heterocycles. The third-order valence-corrected chi connectivity index (χ3v) is 5.33. The molecule has 1 aromatic rings. The Morgan fingerprint density at radius 1 is 1.12 bits per heavy atom. The van der Waals surface area contributed by atoms with Crippen LogP contribution < -0.4 is 11.1 Å². The maximum Gasteiger partial charge on any atom is 0.223 e. The van der Waals surface area contributed by atoms with Crippen LogP contribution in [0.5, 0.6) is 0 Å². The van der Waals surface area contributed by atoms with Crippen molar-refractivity contribution >= 4 is 30.7 Å². The molecule has 4 N–H and O–H groups in total. The van der Waals surface area contributed by atoms with Crippen LogP contribution in [0.25, 0.3) is 0 Å². The van der Waals surface area contributed by atoms with Gasteiger partial charge in [0.1, 0.15) is 0 Å². The van der Waals surface area contributed by atoms with Gasteiger partial charge in [-0.1, -0.05) is 24.3 Å². The maximum absolute atomic E-state index is 12.3. The molecule has 0 radical (unpaired) electrons. The molecule has 3 atom stereocenters. The quantitative estimate of drug-likeness (QED) is 0.703. The zero-order chi connectivity index (χ0) is 16.9. The molecular formula is C19H31Cl2N3O2. The van der Waals surface area contributed by atoms with E-state index in [2.05, 4.69) is 34.5 Å². The molecule has 1 aromatic carbocycles.